The molecule has 0 aromatic rings. The maximum absolute atomic E-state index is 11.3. The molecule has 0 rings (SSSR count). The molecule has 5 heteroatoms. The normalized spacial score (nSPS) is 12.2. The van der Waals surface area contributed by atoms with Crippen LogP contribution in [0.15, 0.2) is 0 Å². The number of carboxylic acids is 1. The third-order valence-electron chi connectivity index (χ3n) is 2.10. The first-order valence-corrected chi connectivity index (χ1v) is 4.54. The van der Waals surface area contributed by atoms with Gasteiger partial charge in [0.1, 0.15) is 13.2 Å². The molecule has 0 aromatic carbocycles. The zero-order chi connectivity index (χ0) is 11.1. The predicted octanol–water partition coefficient (Wildman–Crippen LogP) is 0.344. The van der Waals surface area contributed by atoms with Gasteiger partial charge in [0.2, 0.25) is 5.91 Å². The molecule has 0 spiro atoms. The van der Waals surface area contributed by atoms with Crippen LogP contribution in [0.2, 0.25) is 0 Å². The molecular weight excluding hydrogens is 186 g/mol. The van der Waals surface area contributed by atoms with Gasteiger partial charge in [-0.05, 0) is 13.3 Å². The molecule has 82 valence electrons. The number of carboxylic acid groups (broad SMARTS) is 1. The smallest absolute Gasteiger partial charge is 0.329 e. The summed E-state index contributed by atoms with van der Waals surface area (Å²) in [6, 6.07) is 0.149. The minimum Gasteiger partial charge on any atom is -0.480 e. The summed E-state index contributed by atoms with van der Waals surface area (Å²) in [7, 11) is 1.68. The maximum atomic E-state index is 11.3. The summed E-state index contributed by atoms with van der Waals surface area (Å²) in [5, 5.41) is 8.27. The lowest BCUT2D eigenvalue weighted by atomic mass is 10.2. The first kappa shape index (κ1) is 12.9. The SMILES string of the molecule is CCC(C)N(C)C(=O)COCC(=O)O. The highest BCUT2D eigenvalue weighted by Crippen LogP contribution is 2.00. The molecule has 0 aliphatic rings. The Balaban J connectivity index is 3.78. The van der Waals surface area contributed by atoms with Gasteiger partial charge in [-0.15, -0.1) is 0 Å². The molecule has 0 aromatic heterocycles. The van der Waals surface area contributed by atoms with Crippen LogP contribution in [0.1, 0.15) is 20.3 Å². The highest BCUT2D eigenvalue weighted by Gasteiger charge is 2.14. The molecule has 5 nitrogen and oxygen atoms in total. The molecule has 0 saturated heterocycles. The Kier molecular flexibility index (Phi) is 5.87. The number of amides is 1. The van der Waals surface area contributed by atoms with Crippen LogP contribution in [-0.2, 0) is 14.3 Å². The highest BCUT2D eigenvalue weighted by molar-refractivity contribution is 5.78. The largest absolute Gasteiger partial charge is 0.480 e. The summed E-state index contributed by atoms with van der Waals surface area (Å²) in [6.07, 6.45) is 0.862. The van der Waals surface area contributed by atoms with Crippen LogP contribution in [-0.4, -0.2) is 48.2 Å². The summed E-state index contributed by atoms with van der Waals surface area (Å²) in [5.41, 5.74) is 0. The molecule has 0 aliphatic heterocycles. The molecule has 0 fully saturated rings. The van der Waals surface area contributed by atoms with Crippen LogP contribution in [0.5, 0.6) is 0 Å². The average Bonchev–Trinajstić information content (AvgIpc) is 2.14. The molecule has 1 unspecified atom stereocenters. The van der Waals surface area contributed by atoms with Crippen molar-refractivity contribution in [3.63, 3.8) is 0 Å². The lowest BCUT2D eigenvalue weighted by Gasteiger charge is -2.23. The van der Waals surface area contributed by atoms with Gasteiger partial charge in [0.05, 0.1) is 0 Å². The number of hydrogen-bond donors (Lipinski definition) is 1. The Hall–Kier alpha value is -1.10. The van der Waals surface area contributed by atoms with Crippen molar-refractivity contribution < 1.29 is 19.4 Å². The number of carbonyl (C=O) groups excluding carboxylic acids is 1. The van der Waals surface area contributed by atoms with Crippen LogP contribution >= 0.6 is 0 Å². The van der Waals surface area contributed by atoms with E-state index in [-0.39, 0.29) is 18.6 Å². The monoisotopic (exact) mass is 203 g/mol. The zero-order valence-corrected chi connectivity index (χ0v) is 8.82. The van der Waals surface area contributed by atoms with Crippen LogP contribution in [0.4, 0.5) is 0 Å². The van der Waals surface area contributed by atoms with Crippen LogP contribution in [0.25, 0.3) is 0 Å². The number of rotatable bonds is 6. The highest BCUT2D eigenvalue weighted by atomic mass is 16.5. The fourth-order valence-electron chi connectivity index (χ4n) is 0.847. The van der Waals surface area contributed by atoms with E-state index in [1.807, 2.05) is 13.8 Å². The van der Waals surface area contributed by atoms with Crippen LogP contribution in [0, 0.1) is 0 Å². The van der Waals surface area contributed by atoms with E-state index in [2.05, 4.69) is 4.74 Å². The van der Waals surface area contributed by atoms with Gasteiger partial charge in [0.15, 0.2) is 0 Å². The third-order valence-corrected chi connectivity index (χ3v) is 2.10. The van der Waals surface area contributed by atoms with Gasteiger partial charge in [0, 0.05) is 13.1 Å². The van der Waals surface area contributed by atoms with Crippen molar-refractivity contribution in [1.29, 1.82) is 0 Å². The number of nitrogens with zero attached hydrogens (tertiary/aromatic N) is 1. The Morgan fingerprint density at radius 2 is 2.00 bits per heavy atom. The van der Waals surface area contributed by atoms with Crippen molar-refractivity contribution in [1.82, 2.24) is 4.90 Å². The quantitative estimate of drug-likeness (QED) is 0.676. The van der Waals surface area contributed by atoms with Gasteiger partial charge in [-0.1, -0.05) is 6.92 Å². The second-order valence-electron chi connectivity index (χ2n) is 3.15. The summed E-state index contributed by atoms with van der Waals surface area (Å²) < 4.78 is 4.68. The van der Waals surface area contributed by atoms with Gasteiger partial charge in [-0.3, -0.25) is 4.79 Å². The van der Waals surface area contributed by atoms with E-state index in [1.54, 1.807) is 11.9 Å². The topological polar surface area (TPSA) is 66.8 Å². The van der Waals surface area contributed by atoms with Crippen LogP contribution in [0.3, 0.4) is 0 Å². The molecule has 0 aliphatic carbocycles. The van der Waals surface area contributed by atoms with Gasteiger partial charge in [0.25, 0.3) is 0 Å². The summed E-state index contributed by atoms with van der Waals surface area (Å²) in [5.74, 6) is -1.26. The molecule has 0 heterocycles. The van der Waals surface area contributed by atoms with E-state index in [0.29, 0.717) is 0 Å². The Morgan fingerprint density at radius 3 is 2.43 bits per heavy atom. The van der Waals surface area contributed by atoms with Crippen molar-refractivity contribution in [3.8, 4) is 0 Å². The van der Waals surface area contributed by atoms with Gasteiger partial charge >= 0.3 is 5.97 Å². The maximum Gasteiger partial charge on any atom is 0.329 e. The van der Waals surface area contributed by atoms with Gasteiger partial charge in [-0.2, -0.15) is 0 Å². The zero-order valence-electron chi connectivity index (χ0n) is 8.82. The van der Waals surface area contributed by atoms with Crippen molar-refractivity contribution in [3.05, 3.63) is 0 Å². The van der Waals surface area contributed by atoms with Crippen molar-refractivity contribution in [2.75, 3.05) is 20.3 Å². The summed E-state index contributed by atoms with van der Waals surface area (Å²) >= 11 is 0. The van der Waals surface area contributed by atoms with Crippen molar-refractivity contribution >= 4 is 11.9 Å². The van der Waals surface area contributed by atoms with E-state index < -0.39 is 12.6 Å². The van der Waals surface area contributed by atoms with E-state index in [1.165, 1.54) is 0 Å². The first-order chi connectivity index (χ1) is 6.49. The second-order valence-corrected chi connectivity index (χ2v) is 3.15. The van der Waals surface area contributed by atoms with Gasteiger partial charge < -0.3 is 14.7 Å². The standard InChI is InChI=1S/C9H17NO4/c1-4-7(2)10(3)8(11)5-14-6-9(12)13/h7H,4-6H2,1-3H3,(H,12,13). The van der Waals surface area contributed by atoms with E-state index >= 15 is 0 Å². The third kappa shape index (κ3) is 4.81. The van der Waals surface area contributed by atoms with E-state index in [4.69, 9.17) is 5.11 Å². The predicted molar refractivity (Wildman–Crippen MR) is 51.0 cm³/mol. The lowest BCUT2D eigenvalue weighted by molar-refractivity contribution is -0.146. The van der Waals surface area contributed by atoms with Gasteiger partial charge in [-0.25, -0.2) is 4.79 Å². The molecule has 0 saturated carbocycles. The first-order valence-electron chi connectivity index (χ1n) is 4.54. The number of hydrogen-bond acceptors (Lipinski definition) is 3. The summed E-state index contributed by atoms with van der Waals surface area (Å²) in [4.78, 5) is 23.0. The molecule has 1 N–H and O–H groups in total. The molecule has 1 amide bonds. The number of ether oxygens (including phenoxy) is 1. The average molecular weight is 203 g/mol. The molecule has 1 atom stereocenters. The van der Waals surface area contributed by atoms with Crippen LogP contribution < -0.4 is 0 Å². The Bertz CT molecular complexity index is 205. The van der Waals surface area contributed by atoms with Crippen molar-refractivity contribution in [2.45, 2.75) is 26.3 Å². The summed E-state index contributed by atoms with van der Waals surface area (Å²) in [6.45, 7) is 3.30. The fraction of sp³-hybridized carbons (Fsp3) is 0.778. The van der Waals surface area contributed by atoms with E-state index in [0.717, 1.165) is 6.42 Å². The van der Waals surface area contributed by atoms with E-state index in [9.17, 15) is 9.59 Å². The van der Waals surface area contributed by atoms with Crippen molar-refractivity contribution in [2.24, 2.45) is 0 Å². The minimum absolute atomic E-state index is 0.149. The fourth-order valence-corrected chi connectivity index (χ4v) is 0.847. The number of aliphatic carboxylic acids is 1. The lowest BCUT2D eigenvalue weighted by Crippen LogP contribution is -2.37. The second kappa shape index (κ2) is 6.37. The molecular formula is C9H17NO4. The molecule has 0 radical (unpaired) electrons. The minimum atomic E-state index is -1.07. The molecule has 14 heavy (non-hydrogen) atoms. The number of likely N-dealkylation sites (N-methyl/N-ethyl adjacent to an activating group) is 1. The number of carbonyl (C=O) groups is 2. The Morgan fingerprint density at radius 1 is 1.43 bits per heavy atom. The Labute approximate surface area is 83.6 Å². The molecule has 0 bridgehead atoms.